The molecule has 0 atom stereocenters. The van der Waals surface area contributed by atoms with E-state index in [1.54, 1.807) is 11.3 Å². The first-order chi connectivity index (χ1) is 7.24. The molecule has 0 aromatic carbocycles. The minimum atomic E-state index is 0.513. The number of hydrogen-bond donors (Lipinski definition) is 1. The van der Waals surface area contributed by atoms with Crippen molar-refractivity contribution in [1.82, 2.24) is 15.2 Å². The molecule has 2 aromatic rings. The summed E-state index contributed by atoms with van der Waals surface area (Å²) in [4.78, 5) is 5.68. The van der Waals surface area contributed by atoms with Crippen LogP contribution in [0.4, 0.5) is 5.13 Å². The number of hydrogen-bond acceptors (Lipinski definition) is 6. The molecule has 0 radical (unpaired) electrons. The fraction of sp³-hybridized carbons (Fsp3) is 0.444. The van der Waals surface area contributed by atoms with Crippen LogP contribution in [-0.4, -0.2) is 15.2 Å². The Morgan fingerprint density at radius 1 is 1.13 bits per heavy atom. The fourth-order valence-electron chi connectivity index (χ4n) is 1.29. The van der Waals surface area contributed by atoms with Crippen LogP contribution in [0.5, 0.6) is 0 Å². The molecule has 0 aliphatic carbocycles. The van der Waals surface area contributed by atoms with Crippen molar-refractivity contribution in [2.45, 2.75) is 26.7 Å². The van der Waals surface area contributed by atoms with Crippen LogP contribution in [0.25, 0.3) is 9.88 Å². The summed E-state index contributed by atoms with van der Waals surface area (Å²) in [5, 5.41) is 10.4. The number of nitrogens with zero attached hydrogens (tertiary/aromatic N) is 3. The van der Waals surface area contributed by atoms with Crippen LogP contribution in [0.2, 0.25) is 0 Å². The van der Waals surface area contributed by atoms with Crippen LogP contribution in [-0.2, 0) is 12.8 Å². The summed E-state index contributed by atoms with van der Waals surface area (Å²) in [5.74, 6) is 0. The molecular weight excluding hydrogens is 228 g/mol. The maximum absolute atomic E-state index is 5.58. The highest BCUT2D eigenvalue weighted by atomic mass is 32.1. The van der Waals surface area contributed by atoms with Crippen LogP contribution >= 0.6 is 22.7 Å². The Morgan fingerprint density at radius 3 is 2.47 bits per heavy atom. The smallest absolute Gasteiger partial charge is 0.203 e. The predicted octanol–water partition coefficient (Wildman–Crippen LogP) is 2.37. The molecule has 0 aliphatic rings. The molecule has 15 heavy (non-hydrogen) atoms. The highest BCUT2D eigenvalue weighted by Crippen LogP contribution is 2.33. The molecule has 2 heterocycles. The second-order valence-electron chi connectivity index (χ2n) is 3.04. The molecule has 0 aliphatic heterocycles. The second kappa shape index (κ2) is 4.24. The van der Waals surface area contributed by atoms with Crippen LogP contribution in [0.1, 0.15) is 24.5 Å². The Bertz CT molecular complexity index is 460. The Hall–Kier alpha value is -1.01. The first-order valence-corrected chi connectivity index (χ1v) is 6.45. The third-order valence-corrected chi connectivity index (χ3v) is 4.16. The van der Waals surface area contributed by atoms with Crippen LogP contribution in [0.15, 0.2) is 0 Å². The van der Waals surface area contributed by atoms with E-state index in [0.29, 0.717) is 5.13 Å². The Balaban J connectivity index is 2.46. The van der Waals surface area contributed by atoms with Crippen molar-refractivity contribution >= 4 is 27.8 Å². The van der Waals surface area contributed by atoms with Crippen molar-refractivity contribution in [2.24, 2.45) is 0 Å². The average Bonchev–Trinajstić information content (AvgIpc) is 2.82. The highest BCUT2D eigenvalue weighted by Gasteiger charge is 2.14. The third kappa shape index (κ3) is 2.00. The van der Waals surface area contributed by atoms with E-state index in [1.807, 2.05) is 0 Å². The van der Waals surface area contributed by atoms with Gasteiger partial charge in [0.1, 0.15) is 0 Å². The van der Waals surface area contributed by atoms with Crippen molar-refractivity contribution < 1.29 is 0 Å². The minimum Gasteiger partial charge on any atom is -0.374 e. The van der Waals surface area contributed by atoms with Crippen LogP contribution < -0.4 is 5.73 Å². The van der Waals surface area contributed by atoms with Crippen molar-refractivity contribution in [3.8, 4) is 9.88 Å². The molecule has 80 valence electrons. The molecule has 2 N–H and O–H groups in total. The summed E-state index contributed by atoms with van der Waals surface area (Å²) in [6.45, 7) is 4.21. The van der Waals surface area contributed by atoms with Gasteiger partial charge in [-0.2, -0.15) is 0 Å². The minimum absolute atomic E-state index is 0.513. The standard InChI is InChI=1S/C9H12N4S2/c1-3-5-7(14-6(4-2)11-5)8-12-13-9(10)15-8/h3-4H2,1-2H3,(H2,10,13). The van der Waals surface area contributed by atoms with Gasteiger partial charge in [-0.3, -0.25) is 0 Å². The van der Waals surface area contributed by atoms with E-state index in [1.165, 1.54) is 11.3 Å². The number of nitrogens with two attached hydrogens (primary N) is 1. The number of anilines is 1. The summed E-state index contributed by atoms with van der Waals surface area (Å²) in [7, 11) is 0. The number of thiazole rings is 1. The summed E-state index contributed by atoms with van der Waals surface area (Å²) in [6.07, 6.45) is 1.89. The molecular formula is C9H12N4S2. The molecule has 0 spiro atoms. The highest BCUT2D eigenvalue weighted by molar-refractivity contribution is 7.23. The Labute approximate surface area is 96.2 Å². The summed E-state index contributed by atoms with van der Waals surface area (Å²) >= 11 is 3.11. The molecule has 2 aromatic heterocycles. The second-order valence-corrected chi connectivity index (χ2v) is 5.13. The van der Waals surface area contributed by atoms with Crippen LogP contribution in [0, 0.1) is 0 Å². The number of aryl methyl sites for hydroxylation is 2. The molecule has 2 rings (SSSR count). The molecule has 0 fully saturated rings. The Morgan fingerprint density at radius 2 is 1.93 bits per heavy atom. The van der Waals surface area contributed by atoms with E-state index >= 15 is 0 Å². The van der Waals surface area contributed by atoms with Crippen LogP contribution in [0.3, 0.4) is 0 Å². The first-order valence-electron chi connectivity index (χ1n) is 4.82. The zero-order valence-electron chi connectivity index (χ0n) is 8.65. The van der Waals surface area contributed by atoms with Gasteiger partial charge in [-0.05, 0) is 12.8 Å². The molecule has 0 saturated heterocycles. The Kier molecular flexibility index (Phi) is 2.97. The van der Waals surface area contributed by atoms with Gasteiger partial charge in [0.2, 0.25) is 5.13 Å². The van der Waals surface area contributed by atoms with E-state index < -0.39 is 0 Å². The van der Waals surface area contributed by atoms with Crippen molar-refractivity contribution in [1.29, 1.82) is 0 Å². The molecule has 6 heteroatoms. The van der Waals surface area contributed by atoms with E-state index in [9.17, 15) is 0 Å². The molecule has 4 nitrogen and oxygen atoms in total. The van der Waals surface area contributed by atoms with Crippen molar-refractivity contribution in [3.63, 3.8) is 0 Å². The summed E-state index contributed by atoms with van der Waals surface area (Å²) in [5.41, 5.74) is 6.68. The van der Waals surface area contributed by atoms with E-state index in [4.69, 9.17) is 5.73 Å². The van der Waals surface area contributed by atoms with Gasteiger partial charge in [0.25, 0.3) is 0 Å². The maximum atomic E-state index is 5.58. The predicted molar refractivity (Wildman–Crippen MR) is 64.2 cm³/mol. The lowest BCUT2D eigenvalue weighted by Crippen LogP contribution is -1.84. The molecule has 0 unspecified atom stereocenters. The lowest BCUT2D eigenvalue weighted by Gasteiger charge is -1.91. The van der Waals surface area contributed by atoms with Gasteiger partial charge < -0.3 is 5.73 Å². The summed E-state index contributed by atoms with van der Waals surface area (Å²) < 4.78 is 0. The lowest BCUT2D eigenvalue weighted by molar-refractivity contribution is 1.00. The monoisotopic (exact) mass is 240 g/mol. The average molecular weight is 240 g/mol. The molecule has 0 saturated carbocycles. The van der Waals surface area contributed by atoms with E-state index in [0.717, 1.165) is 33.4 Å². The molecule has 0 amide bonds. The van der Waals surface area contributed by atoms with Crippen molar-refractivity contribution in [2.75, 3.05) is 5.73 Å². The van der Waals surface area contributed by atoms with Gasteiger partial charge in [-0.1, -0.05) is 25.2 Å². The normalized spacial score (nSPS) is 10.8. The fourth-order valence-corrected chi connectivity index (χ4v) is 3.08. The van der Waals surface area contributed by atoms with Gasteiger partial charge in [-0.25, -0.2) is 4.98 Å². The van der Waals surface area contributed by atoms with Gasteiger partial charge in [0.05, 0.1) is 15.6 Å². The van der Waals surface area contributed by atoms with Crippen molar-refractivity contribution in [3.05, 3.63) is 10.7 Å². The number of nitrogen functional groups attached to an aromatic ring is 1. The maximum Gasteiger partial charge on any atom is 0.203 e. The van der Waals surface area contributed by atoms with E-state index in [-0.39, 0.29) is 0 Å². The number of rotatable bonds is 3. The zero-order valence-corrected chi connectivity index (χ0v) is 10.3. The third-order valence-electron chi connectivity index (χ3n) is 2.01. The quantitative estimate of drug-likeness (QED) is 0.894. The lowest BCUT2D eigenvalue weighted by atomic mass is 10.3. The zero-order chi connectivity index (χ0) is 10.8. The van der Waals surface area contributed by atoms with E-state index in [2.05, 4.69) is 29.0 Å². The largest absolute Gasteiger partial charge is 0.374 e. The molecule has 0 bridgehead atoms. The first kappa shape index (κ1) is 10.5. The topological polar surface area (TPSA) is 64.7 Å². The van der Waals surface area contributed by atoms with Gasteiger partial charge in [0.15, 0.2) is 5.01 Å². The SMILES string of the molecule is CCc1nc(CC)c(-c2nnc(N)s2)s1. The van der Waals surface area contributed by atoms with Gasteiger partial charge in [-0.15, -0.1) is 21.5 Å². The number of aromatic nitrogens is 3. The summed E-state index contributed by atoms with van der Waals surface area (Å²) in [6, 6.07) is 0. The van der Waals surface area contributed by atoms with Gasteiger partial charge >= 0.3 is 0 Å². The van der Waals surface area contributed by atoms with Gasteiger partial charge in [0, 0.05) is 0 Å².